The van der Waals surface area contributed by atoms with Crippen molar-refractivity contribution in [3.05, 3.63) is 35.9 Å². The molecule has 1 saturated heterocycles. The Hall–Kier alpha value is -2.57. The van der Waals surface area contributed by atoms with Gasteiger partial charge in [0.05, 0.1) is 6.54 Å². The van der Waals surface area contributed by atoms with Crippen LogP contribution in [0.3, 0.4) is 0 Å². The van der Waals surface area contributed by atoms with Crippen molar-refractivity contribution in [1.82, 2.24) is 10.2 Å². The van der Waals surface area contributed by atoms with Crippen LogP contribution in [0.1, 0.15) is 26.3 Å². The summed E-state index contributed by atoms with van der Waals surface area (Å²) in [6.07, 6.45) is -1.41. The summed E-state index contributed by atoms with van der Waals surface area (Å²) < 4.78 is 10.1. The SMILES string of the molecule is CC(C)(C)OC(=O)N[C@H]1CN(C(=O)OCc2ccccc2)C1=O. The fraction of sp³-hybridized carbons (Fsp3) is 0.438. The van der Waals surface area contributed by atoms with Crippen LogP contribution in [-0.4, -0.2) is 41.2 Å². The molecule has 7 nitrogen and oxygen atoms in total. The van der Waals surface area contributed by atoms with Gasteiger partial charge in [0.1, 0.15) is 18.2 Å². The van der Waals surface area contributed by atoms with Gasteiger partial charge in [-0.1, -0.05) is 30.3 Å². The second kappa shape index (κ2) is 6.68. The van der Waals surface area contributed by atoms with Gasteiger partial charge in [-0.25, -0.2) is 14.5 Å². The lowest BCUT2D eigenvalue weighted by Gasteiger charge is -2.36. The third kappa shape index (κ3) is 4.70. The van der Waals surface area contributed by atoms with E-state index < -0.39 is 29.7 Å². The number of amides is 3. The highest BCUT2D eigenvalue weighted by atomic mass is 16.6. The van der Waals surface area contributed by atoms with Gasteiger partial charge in [-0.15, -0.1) is 0 Å². The van der Waals surface area contributed by atoms with E-state index in [2.05, 4.69) is 5.32 Å². The molecule has 1 aromatic rings. The van der Waals surface area contributed by atoms with Crippen LogP contribution in [0, 0.1) is 0 Å². The lowest BCUT2D eigenvalue weighted by Crippen LogP contribution is -2.65. The molecule has 3 amide bonds. The molecule has 0 unspecified atom stereocenters. The second-order valence-corrected chi connectivity index (χ2v) is 6.19. The van der Waals surface area contributed by atoms with Crippen molar-refractivity contribution in [3.63, 3.8) is 0 Å². The second-order valence-electron chi connectivity index (χ2n) is 6.19. The molecule has 124 valence electrons. The number of alkyl carbamates (subject to hydrolysis) is 1. The van der Waals surface area contributed by atoms with Crippen molar-refractivity contribution in [2.75, 3.05) is 6.54 Å². The molecule has 0 aromatic heterocycles. The Bertz CT molecular complexity index is 594. The number of hydrogen-bond donors (Lipinski definition) is 1. The number of nitrogens with one attached hydrogen (secondary N) is 1. The molecule has 1 fully saturated rings. The molecule has 7 heteroatoms. The molecule has 1 atom stereocenters. The van der Waals surface area contributed by atoms with Crippen molar-refractivity contribution in [2.24, 2.45) is 0 Å². The van der Waals surface area contributed by atoms with Crippen LogP contribution in [0.25, 0.3) is 0 Å². The maximum Gasteiger partial charge on any atom is 0.417 e. The van der Waals surface area contributed by atoms with Gasteiger partial charge < -0.3 is 14.8 Å². The molecular formula is C16H20N2O5. The summed E-state index contributed by atoms with van der Waals surface area (Å²) in [5.74, 6) is -0.506. The summed E-state index contributed by atoms with van der Waals surface area (Å²) in [5.41, 5.74) is 0.183. The molecule has 1 N–H and O–H groups in total. The average Bonchev–Trinajstić information content (AvgIpc) is 2.47. The van der Waals surface area contributed by atoms with E-state index in [1.165, 1.54) is 0 Å². The van der Waals surface area contributed by atoms with Crippen LogP contribution in [0.15, 0.2) is 30.3 Å². The first-order valence-electron chi connectivity index (χ1n) is 7.28. The van der Waals surface area contributed by atoms with Gasteiger partial charge in [-0.2, -0.15) is 0 Å². The van der Waals surface area contributed by atoms with Gasteiger partial charge in [-0.05, 0) is 26.3 Å². The number of nitrogens with zero attached hydrogens (tertiary/aromatic N) is 1. The zero-order valence-electron chi connectivity index (χ0n) is 13.4. The van der Waals surface area contributed by atoms with Crippen LogP contribution in [-0.2, 0) is 20.9 Å². The first kappa shape index (κ1) is 16.8. The lowest BCUT2D eigenvalue weighted by molar-refractivity contribution is -0.141. The van der Waals surface area contributed by atoms with Crippen LogP contribution in [0.4, 0.5) is 9.59 Å². The topological polar surface area (TPSA) is 84.9 Å². The van der Waals surface area contributed by atoms with Crippen molar-refractivity contribution in [3.8, 4) is 0 Å². The molecule has 0 spiro atoms. The molecule has 0 radical (unpaired) electrons. The molecule has 0 saturated carbocycles. The quantitative estimate of drug-likeness (QED) is 0.862. The predicted molar refractivity (Wildman–Crippen MR) is 81.5 cm³/mol. The number of likely N-dealkylation sites (tertiary alicyclic amines) is 1. The summed E-state index contributed by atoms with van der Waals surface area (Å²) in [6.45, 7) is 5.34. The largest absolute Gasteiger partial charge is 0.444 e. The number of imide groups is 1. The monoisotopic (exact) mass is 320 g/mol. The van der Waals surface area contributed by atoms with Crippen molar-refractivity contribution in [2.45, 2.75) is 39.0 Å². The maximum atomic E-state index is 11.9. The normalized spacial score (nSPS) is 17.3. The summed E-state index contributed by atoms with van der Waals surface area (Å²) in [5, 5.41) is 2.42. The van der Waals surface area contributed by atoms with Gasteiger partial charge in [0.2, 0.25) is 0 Å². The van der Waals surface area contributed by atoms with E-state index in [-0.39, 0.29) is 13.2 Å². The third-order valence-electron chi connectivity index (χ3n) is 3.05. The van der Waals surface area contributed by atoms with Crippen LogP contribution in [0.5, 0.6) is 0 Å². The number of hydrogen-bond acceptors (Lipinski definition) is 5. The number of benzene rings is 1. The minimum Gasteiger partial charge on any atom is -0.444 e. The van der Waals surface area contributed by atoms with Gasteiger partial charge in [0, 0.05) is 0 Å². The molecule has 1 aliphatic rings. The van der Waals surface area contributed by atoms with E-state index in [4.69, 9.17) is 9.47 Å². The van der Waals surface area contributed by atoms with Crippen molar-refractivity contribution >= 4 is 18.1 Å². The molecule has 23 heavy (non-hydrogen) atoms. The number of β-lactam (4-membered cyclic amide) rings is 1. The Kier molecular flexibility index (Phi) is 4.88. The van der Waals surface area contributed by atoms with Gasteiger partial charge in [-0.3, -0.25) is 4.79 Å². The molecule has 0 aliphatic carbocycles. The molecular weight excluding hydrogens is 300 g/mol. The smallest absolute Gasteiger partial charge is 0.417 e. The van der Waals surface area contributed by atoms with E-state index in [0.717, 1.165) is 10.5 Å². The van der Waals surface area contributed by atoms with Crippen LogP contribution >= 0.6 is 0 Å². The summed E-state index contributed by atoms with van der Waals surface area (Å²) >= 11 is 0. The Labute approximate surface area is 134 Å². The number of ether oxygens (including phenoxy) is 2. The van der Waals surface area contributed by atoms with Gasteiger partial charge in [0.15, 0.2) is 0 Å². The van der Waals surface area contributed by atoms with Crippen LogP contribution in [0.2, 0.25) is 0 Å². The summed E-state index contributed by atoms with van der Waals surface area (Å²) in [7, 11) is 0. The van der Waals surface area contributed by atoms with E-state index in [0.29, 0.717) is 0 Å². The minimum atomic E-state index is -0.755. The van der Waals surface area contributed by atoms with E-state index in [1.807, 2.05) is 30.3 Å². The number of carbonyl (C=O) groups excluding carboxylic acids is 3. The van der Waals surface area contributed by atoms with E-state index in [9.17, 15) is 14.4 Å². The van der Waals surface area contributed by atoms with E-state index >= 15 is 0 Å². The third-order valence-corrected chi connectivity index (χ3v) is 3.05. The number of rotatable bonds is 3. The molecule has 1 aliphatic heterocycles. The molecule has 0 bridgehead atoms. The molecule has 1 aromatic carbocycles. The zero-order chi connectivity index (χ0) is 17.0. The van der Waals surface area contributed by atoms with Gasteiger partial charge in [0.25, 0.3) is 5.91 Å². The van der Waals surface area contributed by atoms with E-state index in [1.54, 1.807) is 20.8 Å². The molecule has 1 heterocycles. The highest BCUT2D eigenvalue weighted by Crippen LogP contribution is 2.14. The first-order valence-corrected chi connectivity index (χ1v) is 7.28. The minimum absolute atomic E-state index is 0.0751. The maximum absolute atomic E-state index is 11.9. The number of carbonyl (C=O) groups is 3. The standard InChI is InChI=1S/C16H20N2O5/c1-16(2,3)23-14(20)17-12-9-18(13(12)19)15(21)22-10-11-7-5-4-6-8-11/h4-8,12H,9-10H2,1-3H3,(H,17,20)/t12-/m0/s1. The zero-order valence-corrected chi connectivity index (χ0v) is 13.4. The van der Waals surface area contributed by atoms with Crippen molar-refractivity contribution in [1.29, 1.82) is 0 Å². The average molecular weight is 320 g/mol. The van der Waals surface area contributed by atoms with Gasteiger partial charge >= 0.3 is 12.2 Å². The fourth-order valence-corrected chi connectivity index (χ4v) is 1.95. The Morgan fingerprint density at radius 1 is 1.26 bits per heavy atom. The lowest BCUT2D eigenvalue weighted by atomic mass is 10.1. The predicted octanol–water partition coefficient (Wildman–Crippen LogP) is 2.06. The first-order chi connectivity index (χ1) is 10.8. The highest BCUT2D eigenvalue weighted by molar-refractivity contribution is 6.01. The highest BCUT2D eigenvalue weighted by Gasteiger charge is 2.43. The summed E-state index contributed by atoms with van der Waals surface area (Å²) in [6, 6.07) is 8.40. The van der Waals surface area contributed by atoms with Crippen LogP contribution < -0.4 is 5.32 Å². The van der Waals surface area contributed by atoms with Crippen molar-refractivity contribution < 1.29 is 23.9 Å². The Balaban J connectivity index is 1.76. The summed E-state index contributed by atoms with van der Waals surface area (Å²) in [4.78, 5) is 36.2. The Morgan fingerprint density at radius 3 is 2.48 bits per heavy atom. The fourth-order valence-electron chi connectivity index (χ4n) is 1.95. The molecule has 2 rings (SSSR count). The Morgan fingerprint density at radius 2 is 1.91 bits per heavy atom.